The van der Waals surface area contributed by atoms with Crippen LogP contribution in [0.4, 0.5) is 9.59 Å². The van der Waals surface area contributed by atoms with Crippen molar-refractivity contribution in [3.05, 3.63) is 0 Å². The predicted octanol–water partition coefficient (Wildman–Crippen LogP) is 5.78. The van der Waals surface area contributed by atoms with Crippen molar-refractivity contribution >= 4 is 12.2 Å². The van der Waals surface area contributed by atoms with Crippen LogP contribution >= 0.6 is 0 Å². The summed E-state index contributed by atoms with van der Waals surface area (Å²) in [4.78, 5) is 28.2. The van der Waals surface area contributed by atoms with Crippen molar-refractivity contribution in [1.29, 1.82) is 0 Å². The molecule has 218 valence electrons. The molecule has 8 nitrogen and oxygen atoms in total. The van der Waals surface area contributed by atoms with Gasteiger partial charge >= 0.3 is 12.2 Å². The number of nitrogens with one attached hydrogen (secondary N) is 1. The van der Waals surface area contributed by atoms with Gasteiger partial charge in [-0.1, -0.05) is 0 Å². The molecule has 0 aromatic heterocycles. The molecule has 2 atom stereocenters. The molecule has 0 aliphatic carbocycles. The first-order valence-electron chi connectivity index (χ1n) is 14.2. The lowest BCUT2D eigenvalue weighted by atomic mass is 9.93. The van der Waals surface area contributed by atoms with Gasteiger partial charge in [0.25, 0.3) is 0 Å². The van der Waals surface area contributed by atoms with Crippen molar-refractivity contribution in [2.75, 3.05) is 33.2 Å². The van der Waals surface area contributed by atoms with Crippen LogP contribution in [0.15, 0.2) is 0 Å². The average Bonchev–Trinajstić information content (AvgIpc) is 3.19. The van der Waals surface area contributed by atoms with Crippen molar-refractivity contribution in [2.45, 2.75) is 130 Å². The number of likely N-dealkylation sites (tertiary alicyclic amines) is 2. The Morgan fingerprint density at radius 3 is 1.51 bits per heavy atom. The molecule has 2 rings (SSSR count). The highest BCUT2D eigenvalue weighted by atomic mass is 16.6. The number of nitrogens with two attached hydrogens (primary N) is 1. The fourth-order valence-electron chi connectivity index (χ4n) is 5.41. The average molecular weight is 527 g/mol. The van der Waals surface area contributed by atoms with E-state index in [1.54, 1.807) is 0 Å². The lowest BCUT2D eigenvalue weighted by Crippen LogP contribution is -2.45. The smallest absolute Gasteiger partial charge is 0.410 e. The zero-order valence-electron chi connectivity index (χ0n) is 25.8. The standard InChI is InChI=1S/C15H30N2O2.C14H28N2O2/c1-14(2,3)19-13(18)17-11-12(8-7-9-16-6)10-15(17,4)5;1-13(2,3)18-12(17)16-10-11(7-6-8-15)9-14(16,4)5/h12,16H,7-11H2,1-6H3;11H,6-10,15H2,1-5H3. The van der Waals surface area contributed by atoms with Crippen molar-refractivity contribution in [3.8, 4) is 0 Å². The highest BCUT2D eigenvalue weighted by Crippen LogP contribution is 2.37. The van der Waals surface area contributed by atoms with Gasteiger partial charge in [-0.15, -0.1) is 0 Å². The van der Waals surface area contributed by atoms with Crippen LogP contribution in [0.25, 0.3) is 0 Å². The first-order chi connectivity index (χ1) is 16.8. The van der Waals surface area contributed by atoms with Crippen LogP contribution in [0.1, 0.15) is 108 Å². The number of nitrogens with zero attached hydrogens (tertiary/aromatic N) is 2. The van der Waals surface area contributed by atoms with Gasteiger partial charge in [0.05, 0.1) is 0 Å². The fourth-order valence-corrected chi connectivity index (χ4v) is 5.41. The van der Waals surface area contributed by atoms with Crippen molar-refractivity contribution in [1.82, 2.24) is 15.1 Å². The van der Waals surface area contributed by atoms with E-state index in [1.165, 1.54) is 12.8 Å². The van der Waals surface area contributed by atoms with E-state index in [0.29, 0.717) is 11.8 Å². The zero-order chi connectivity index (χ0) is 28.7. The van der Waals surface area contributed by atoms with Crippen molar-refractivity contribution < 1.29 is 19.1 Å². The third kappa shape index (κ3) is 11.8. The molecular formula is C29H58N4O4. The van der Waals surface area contributed by atoms with Crippen LogP contribution in [-0.4, -0.2) is 77.5 Å². The quantitative estimate of drug-likeness (QED) is 0.408. The Kier molecular flexibility index (Phi) is 12.2. The second-order valence-electron chi connectivity index (χ2n) is 14.1. The summed E-state index contributed by atoms with van der Waals surface area (Å²) in [6.45, 7) is 23.3. The Morgan fingerprint density at radius 2 is 1.19 bits per heavy atom. The van der Waals surface area contributed by atoms with Gasteiger partial charge in [0.1, 0.15) is 11.2 Å². The molecule has 2 fully saturated rings. The molecule has 2 heterocycles. The van der Waals surface area contributed by atoms with Crippen LogP contribution in [0, 0.1) is 11.8 Å². The topological polar surface area (TPSA) is 97.1 Å². The Labute approximate surface area is 227 Å². The van der Waals surface area contributed by atoms with Gasteiger partial charge in [-0.05, 0) is 140 Å². The zero-order valence-corrected chi connectivity index (χ0v) is 25.8. The molecule has 2 amide bonds. The summed E-state index contributed by atoms with van der Waals surface area (Å²) in [7, 11) is 1.98. The van der Waals surface area contributed by atoms with E-state index in [9.17, 15) is 9.59 Å². The first kappa shape index (κ1) is 33.5. The van der Waals surface area contributed by atoms with Crippen LogP contribution < -0.4 is 11.1 Å². The molecular weight excluding hydrogens is 468 g/mol. The minimum atomic E-state index is -0.428. The Hall–Kier alpha value is -1.54. The van der Waals surface area contributed by atoms with Crippen molar-refractivity contribution in [3.63, 3.8) is 0 Å². The summed E-state index contributed by atoms with van der Waals surface area (Å²) in [6, 6.07) is 0. The minimum absolute atomic E-state index is 0.0906. The molecule has 0 spiro atoms. The maximum atomic E-state index is 12.2. The molecule has 3 N–H and O–H groups in total. The lowest BCUT2D eigenvalue weighted by molar-refractivity contribution is 0.0118. The van der Waals surface area contributed by atoms with Crippen LogP contribution in [0.5, 0.6) is 0 Å². The summed E-state index contributed by atoms with van der Waals surface area (Å²) < 4.78 is 11.0. The second-order valence-corrected chi connectivity index (χ2v) is 14.1. The van der Waals surface area contributed by atoms with Gasteiger partial charge in [-0.25, -0.2) is 9.59 Å². The van der Waals surface area contributed by atoms with Gasteiger partial charge < -0.3 is 30.3 Å². The number of hydrogen-bond acceptors (Lipinski definition) is 6. The van der Waals surface area contributed by atoms with Gasteiger partial charge in [0.15, 0.2) is 0 Å². The van der Waals surface area contributed by atoms with E-state index >= 15 is 0 Å². The Balaban J connectivity index is 0.000000371. The molecule has 0 radical (unpaired) electrons. The minimum Gasteiger partial charge on any atom is -0.444 e. The van der Waals surface area contributed by atoms with Gasteiger partial charge in [-0.2, -0.15) is 0 Å². The van der Waals surface area contributed by atoms with Crippen LogP contribution in [0.3, 0.4) is 0 Å². The van der Waals surface area contributed by atoms with E-state index in [1.807, 2.05) is 58.4 Å². The fraction of sp³-hybridized carbons (Fsp3) is 0.931. The molecule has 0 saturated carbocycles. The molecule has 8 heteroatoms. The largest absolute Gasteiger partial charge is 0.444 e. The summed E-state index contributed by atoms with van der Waals surface area (Å²) >= 11 is 0. The van der Waals surface area contributed by atoms with Crippen LogP contribution in [0.2, 0.25) is 0 Å². The van der Waals surface area contributed by atoms with Gasteiger partial charge in [-0.3, -0.25) is 0 Å². The molecule has 37 heavy (non-hydrogen) atoms. The maximum Gasteiger partial charge on any atom is 0.410 e. The van der Waals surface area contributed by atoms with E-state index in [0.717, 1.165) is 51.9 Å². The molecule has 0 aromatic carbocycles. The second kappa shape index (κ2) is 13.5. The lowest BCUT2D eigenvalue weighted by Gasteiger charge is -2.33. The van der Waals surface area contributed by atoms with E-state index in [2.05, 4.69) is 33.0 Å². The van der Waals surface area contributed by atoms with Gasteiger partial charge in [0.2, 0.25) is 0 Å². The molecule has 2 aliphatic heterocycles. The highest BCUT2D eigenvalue weighted by Gasteiger charge is 2.43. The molecule has 0 aromatic rings. The SMILES string of the molecule is CC(C)(C)OC(=O)N1CC(CCCN)CC1(C)C.CNCCCC1CN(C(=O)OC(C)(C)C)C(C)(C)C1. The third-order valence-electron chi connectivity index (χ3n) is 7.00. The number of amides is 2. The van der Waals surface area contributed by atoms with Gasteiger partial charge in [0, 0.05) is 24.2 Å². The van der Waals surface area contributed by atoms with Crippen LogP contribution in [-0.2, 0) is 9.47 Å². The summed E-state index contributed by atoms with van der Waals surface area (Å²) in [5.41, 5.74) is 4.50. The maximum absolute atomic E-state index is 12.2. The number of rotatable bonds is 7. The summed E-state index contributed by atoms with van der Waals surface area (Å²) in [6.07, 6.45) is 6.20. The summed E-state index contributed by atoms with van der Waals surface area (Å²) in [5.74, 6) is 1.15. The predicted molar refractivity (Wildman–Crippen MR) is 152 cm³/mol. The summed E-state index contributed by atoms with van der Waals surface area (Å²) in [5, 5.41) is 3.17. The van der Waals surface area contributed by atoms with Crippen molar-refractivity contribution in [2.24, 2.45) is 17.6 Å². The number of carbonyl (C=O) groups is 2. The number of ether oxygens (including phenoxy) is 2. The molecule has 0 bridgehead atoms. The van der Waals surface area contributed by atoms with E-state index < -0.39 is 11.2 Å². The Bertz CT molecular complexity index is 724. The highest BCUT2D eigenvalue weighted by molar-refractivity contribution is 5.70. The number of carbonyl (C=O) groups excluding carboxylic acids is 2. The molecule has 2 unspecified atom stereocenters. The number of hydrogen-bond donors (Lipinski definition) is 2. The van der Waals surface area contributed by atoms with E-state index in [4.69, 9.17) is 15.2 Å². The monoisotopic (exact) mass is 526 g/mol. The molecule has 2 aliphatic rings. The first-order valence-corrected chi connectivity index (χ1v) is 14.2. The third-order valence-corrected chi connectivity index (χ3v) is 7.00. The normalized spacial score (nSPS) is 22.9. The van der Waals surface area contributed by atoms with E-state index in [-0.39, 0.29) is 23.3 Å². The molecule has 2 saturated heterocycles. The Morgan fingerprint density at radius 1 is 0.811 bits per heavy atom.